The van der Waals surface area contributed by atoms with Gasteiger partial charge in [0, 0.05) is 88.4 Å². The fourth-order valence-corrected chi connectivity index (χ4v) is 9.24. The summed E-state index contributed by atoms with van der Waals surface area (Å²) in [5.74, 6) is 1.72. The first-order valence-electron chi connectivity index (χ1n) is 23.8. The Morgan fingerprint density at radius 3 is 1.67 bits per heavy atom. The van der Waals surface area contributed by atoms with Gasteiger partial charge >= 0.3 is 0 Å². The van der Waals surface area contributed by atoms with Crippen molar-refractivity contribution in [3.63, 3.8) is 0 Å². The number of amides is 2. The van der Waals surface area contributed by atoms with E-state index in [0.717, 1.165) is 55.8 Å². The van der Waals surface area contributed by atoms with Crippen molar-refractivity contribution in [2.24, 2.45) is 9.98 Å². The fourth-order valence-electron chi connectivity index (χ4n) is 8.93. The van der Waals surface area contributed by atoms with Crippen molar-refractivity contribution in [2.45, 2.75) is 70.6 Å². The maximum atomic E-state index is 13.8. The van der Waals surface area contributed by atoms with Crippen LogP contribution in [0, 0.1) is 0 Å². The third-order valence-electron chi connectivity index (χ3n) is 13.2. The lowest BCUT2D eigenvalue weighted by Crippen LogP contribution is -2.42. The molecule has 2 fully saturated rings. The van der Waals surface area contributed by atoms with Crippen molar-refractivity contribution >= 4 is 53.1 Å². The second kappa shape index (κ2) is 24.0. The average Bonchev–Trinajstić information content (AvgIpc) is 3.93. The Labute approximate surface area is 412 Å². The molecule has 0 aliphatic carbocycles. The van der Waals surface area contributed by atoms with Crippen LogP contribution in [0.15, 0.2) is 75.7 Å². The van der Waals surface area contributed by atoms with Gasteiger partial charge in [-0.2, -0.15) is 11.8 Å². The number of rotatable bonds is 24. The van der Waals surface area contributed by atoms with Gasteiger partial charge in [-0.05, 0) is 88.3 Å². The quantitative estimate of drug-likeness (QED) is 0.0633. The van der Waals surface area contributed by atoms with E-state index in [1.54, 1.807) is 45.6 Å². The van der Waals surface area contributed by atoms with Crippen molar-refractivity contribution in [3.05, 3.63) is 88.0 Å². The average molecular weight is 967 g/mol. The second-order valence-corrected chi connectivity index (χ2v) is 19.9. The molecule has 0 bridgehead atoms. The van der Waals surface area contributed by atoms with Crippen LogP contribution in [0.3, 0.4) is 0 Å². The zero-order chi connectivity index (χ0) is 49.1. The molecule has 16 heteroatoms. The first-order valence-corrected chi connectivity index (χ1v) is 25.0. The Morgan fingerprint density at radius 2 is 1.19 bits per heavy atom. The van der Waals surface area contributed by atoms with Crippen molar-refractivity contribution in [1.82, 2.24) is 14.7 Å². The van der Waals surface area contributed by atoms with Gasteiger partial charge in [-0.25, -0.2) is 0 Å². The number of carbonyl (C=O) groups excluding carboxylic acids is 2. The second-order valence-electron chi connectivity index (χ2n) is 18.4. The molecular formula is C53H70N6O9S. The van der Waals surface area contributed by atoms with Crippen LogP contribution in [-0.2, 0) is 27.4 Å². The molecule has 0 radical (unpaired) electrons. The molecular weight excluding hydrogens is 897 g/mol. The van der Waals surface area contributed by atoms with E-state index >= 15 is 0 Å². The number of anilines is 1. The Morgan fingerprint density at radius 1 is 0.681 bits per heavy atom. The van der Waals surface area contributed by atoms with E-state index < -0.39 is 0 Å². The summed E-state index contributed by atoms with van der Waals surface area (Å²) in [6, 6.07) is 13.2. The van der Waals surface area contributed by atoms with Gasteiger partial charge in [-0.3, -0.25) is 24.5 Å². The van der Waals surface area contributed by atoms with Gasteiger partial charge in [0.2, 0.25) is 0 Å². The highest BCUT2D eigenvalue weighted by molar-refractivity contribution is 7.99. The summed E-state index contributed by atoms with van der Waals surface area (Å²) >= 11 is 1.85. The minimum absolute atomic E-state index is 0.0492. The lowest BCUT2D eigenvalue weighted by atomic mass is 10.1. The van der Waals surface area contributed by atoms with E-state index in [0.29, 0.717) is 91.6 Å². The van der Waals surface area contributed by atoms with Crippen LogP contribution in [0.25, 0.3) is 0 Å². The van der Waals surface area contributed by atoms with Crippen LogP contribution in [0.1, 0.15) is 72.4 Å². The van der Waals surface area contributed by atoms with E-state index in [-0.39, 0.29) is 41.9 Å². The van der Waals surface area contributed by atoms with Gasteiger partial charge in [-0.15, -0.1) is 0 Å². The first kappa shape index (κ1) is 51.5. The van der Waals surface area contributed by atoms with Crippen LogP contribution >= 0.6 is 11.8 Å². The number of likely N-dealkylation sites (N-methyl/N-ethyl adjacent to an activating group) is 1. The number of nitrogens with zero attached hydrogens (tertiary/aromatic N) is 6. The van der Waals surface area contributed by atoms with Gasteiger partial charge in [0.25, 0.3) is 11.8 Å². The van der Waals surface area contributed by atoms with E-state index in [1.165, 1.54) is 11.1 Å². The summed E-state index contributed by atoms with van der Waals surface area (Å²) in [4.78, 5) is 45.6. The third kappa shape index (κ3) is 12.9. The van der Waals surface area contributed by atoms with Crippen LogP contribution in [0.4, 0.5) is 17.1 Å². The number of aliphatic imine (C=N–C) groups is 2. The van der Waals surface area contributed by atoms with Crippen LogP contribution in [0.5, 0.6) is 23.0 Å². The molecule has 2 amide bonds. The number of hydrogen-bond donors (Lipinski definition) is 0. The Bertz CT molecular complexity index is 2280. The SMILES string of the molecule is C/C=C1\C[C@H]2C=Nc3cc(OCc4cc(COc5cc6c(cc5OC)C(=O)N5C/C(=C/C)C[C@H]5C=N6)cc(N(C)CCN(CCOCCOCCOC)CC(C)(C)SC)c4)c(OC)cc3C(=O)N2C1. The summed E-state index contributed by atoms with van der Waals surface area (Å²) in [5, 5.41) is 0. The molecule has 4 aliphatic rings. The van der Waals surface area contributed by atoms with Crippen molar-refractivity contribution in [2.75, 3.05) is 112 Å². The molecule has 4 heterocycles. The lowest BCUT2D eigenvalue weighted by Gasteiger charge is -2.33. The van der Waals surface area contributed by atoms with Gasteiger partial charge in [0.1, 0.15) is 13.2 Å². The summed E-state index contributed by atoms with van der Waals surface area (Å²) in [5.41, 5.74) is 7.30. The zero-order valence-corrected chi connectivity index (χ0v) is 42.7. The largest absolute Gasteiger partial charge is 0.493 e. The van der Waals surface area contributed by atoms with Crippen molar-refractivity contribution in [3.8, 4) is 23.0 Å². The molecule has 0 spiro atoms. The molecule has 0 N–H and O–H groups in total. The number of benzene rings is 3. The topological polar surface area (TPSA) is 136 Å². The van der Waals surface area contributed by atoms with Crippen LogP contribution < -0.4 is 23.8 Å². The third-order valence-corrected chi connectivity index (χ3v) is 14.4. The molecule has 0 unspecified atom stereocenters. The molecule has 7 rings (SSSR count). The number of hydrogen-bond acceptors (Lipinski definition) is 14. The van der Waals surface area contributed by atoms with Gasteiger partial charge < -0.3 is 47.9 Å². The molecule has 0 aromatic heterocycles. The number of ether oxygens (including phenoxy) is 7. The maximum Gasteiger partial charge on any atom is 0.257 e. The summed E-state index contributed by atoms with van der Waals surface area (Å²) < 4.78 is 41.4. The standard InChI is InChI=1S/C53H70N6O9S/c1-10-36-21-41-29-54-45-27-49(47(63-7)25-43(45)51(60)58(41)31-36)67-33-38-20-39(34-68-50-28-46-44(26-48(50)64-8)52(61)59-32-37(11-2)22-42(59)30-55-46)24-40(23-38)56(5)12-13-57(35-53(3,4)69-9)14-15-65-18-19-66-17-16-62-6/h10-11,20,23-30,41-42H,12-19,21-22,31-35H2,1-9H3/b36-10+,37-11+/t41-,42-/m0/s1. The minimum Gasteiger partial charge on any atom is -0.493 e. The first-order chi connectivity index (χ1) is 33.4. The number of thioether (sulfide) groups is 1. The van der Waals surface area contributed by atoms with Gasteiger partial charge in [-0.1, -0.05) is 23.3 Å². The predicted octanol–water partition coefficient (Wildman–Crippen LogP) is 8.17. The Hall–Kier alpha value is -5.39. The summed E-state index contributed by atoms with van der Waals surface area (Å²) in [6.07, 6.45) is 11.6. The fraction of sp³-hybridized carbons (Fsp3) is 0.509. The van der Waals surface area contributed by atoms with E-state index in [2.05, 4.69) is 67.3 Å². The highest BCUT2D eigenvalue weighted by atomic mass is 32.2. The Kier molecular flexibility index (Phi) is 17.9. The van der Waals surface area contributed by atoms with Crippen molar-refractivity contribution < 1.29 is 42.7 Å². The van der Waals surface area contributed by atoms with E-state index in [4.69, 9.17) is 43.1 Å². The summed E-state index contributed by atoms with van der Waals surface area (Å²) in [6.45, 7) is 16.1. The summed E-state index contributed by atoms with van der Waals surface area (Å²) in [7, 11) is 6.92. The van der Waals surface area contributed by atoms with Crippen LogP contribution in [0.2, 0.25) is 0 Å². The molecule has 3 aromatic rings. The molecule has 2 saturated heterocycles. The Balaban J connectivity index is 1.12. The molecule has 2 atom stereocenters. The highest BCUT2D eigenvalue weighted by Crippen LogP contribution is 2.41. The van der Waals surface area contributed by atoms with E-state index in [1.807, 2.05) is 47.8 Å². The van der Waals surface area contributed by atoms with Crippen LogP contribution in [-0.4, -0.2) is 163 Å². The maximum absolute atomic E-state index is 13.8. The molecule has 0 saturated carbocycles. The zero-order valence-electron chi connectivity index (χ0n) is 41.9. The van der Waals surface area contributed by atoms with Crippen molar-refractivity contribution in [1.29, 1.82) is 0 Å². The molecule has 372 valence electrons. The van der Waals surface area contributed by atoms with Gasteiger partial charge in [0.15, 0.2) is 23.0 Å². The number of fused-ring (bicyclic) bond motifs is 4. The molecule has 15 nitrogen and oxygen atoms in total. The van der Waals surface area contributed by atoms with Gasteiger partial charge in [0.05, 0.1) is 81.8 Å². The predicted molar refractivity (Wildman–Crippen MR) is 275 cm³/mol. The lowest BCUT2D eigenvalue weighted by molar-refractivity contribution is 0.0193. The molecule has 4 aliphatic heterocycles. The minimum atomic E-state index is -0.0915. The number of methoxy groups -OCH3 is 3. The molecule has 69 heavy (non-hydrogen) atoms. The normalized spacial score (nSPS) is 18.6. The molecule has 3 aromatic carbocycles. The number of carbonyl (C=O) groups is 2. The van der Waals surface area contributed by atoms with E-state index in [9.17, 15) is 9.59 Å². The number of allylic oxidation sites excluding steroid dienone is 2. The highest BCUT2D eigenvalue weighted by Gasteiger charge is 2.36. The smallest absolute Gasteiger partial charge is 0.257 e. The monoisotopic (exact) mass is 966 g/mol.